The zero-order valence-electron chi connectivity index (χ0n) is 13.9. The van der Waals surface area contributed by atoms with E-state index < -0.39 is 0 Å². The summed E-state index contributed by atoms with van der Waals surface area (Å²) in [6.45, 7) is 2.17. The predicted octanol–water partition coefficient (Wildman–Crippen LogP) is 2.16. The van der Waals surface area contributed by atoms with E-state index in [0.29, 0.717) is 12.1 Å². The quantitative estimate of drug-likeness (QED) is 0.884. The minimum absolute atomic E-state index is 0.0366. The third kappa shape index (κ3) is 3.51. The van der Waals surface area contributed by atoms with Gasteiger partial charge in [-0.05, 0) is 36.2 Å². The summed E-state index contributed by atoms with van der Waals surface area (Å²) >= 11 is 0. The number of benzene rings is 2. The van der Waals surface area contributed by atoms with E-state index in [1.807, 2.05) is 42.5 Å². The highest BCUT2D eigenvalue weighted by molar-refractivity contribution is 5.94. The molecule has 1 saturated heterocycles. The number of ether oxygens (including phenoxy) is 1. The summed E-state index contributed by atoms with van der Waals surface area (Å²) in [7, 11) is 1.68. The molecule has 1 atom stereocenters. The minimum Gasteiger partial charge on any atom is -0.495 e. The molecule has 0 radical (unpaired) electrons. The van der Waals surface area contributed by atoms with E-state index in [1.54, 1.807) is 7.11 Å². The molecule has 2 aromatic carbocycles. The van der Waals surface area contributed by atoms with Crippen molar-refractivity contribution < 1.29 is 9.53 Å². The van der Waals surface area contributed by atoms with Crippen molar-refractivity contribution in [3.05, 3.63) is 59.7 Å². The topological polar surface area (TPSA) is 67.6 Å². The van der Waals surface area contributed by atoms with Crippen molar-refractivity contribution in [2.24, 2.45) is 5.73 Å². The molecule has 1 amide bonds. The minimum atomic E-state index is -0.0366. The van der Waals surface area contributed by atoms with Gasteiger partial charge in [0.05, 0.1) is 12.8 Å². The fourth-order valence-corrected chi connectivity index (χ4v) is 3.05. The van der Waals surface area contributed by atoms with Crippen LogP contribution in [0.3, 0.4) is 0 Å². The fraction of sp³-hybridized carbons (Fsp3) is 0.316. The molecule has 0 bridgehead atoms. The summed E-state index contributed by atoms with van der Waals surface area (Å²) in [5, 5.41) is 3.12. The van der Waals surface area contributed by atoms with Crippen LogP contribution in [0.5, 0.6) is 5.75 Å². The van der Waals surface area contributed by atoms with E-state index in [1.165, 1.54) is 0 Å². The summed E-state index contributed by atoms with van der Waals surface area (Å²) in [4.78, 5) is 14.6. The van der Waals surface area contributed by atoms with Gasteiger partial charge in [-0.2, -0.15) is 0 Å². The second kappa shape index (κ2) is 7.36. The maximum Gasteiger partial charge on any atom is 0.251 e. The summed E-state index contributed by atoms with van der Waals surface area (Å²) in [6, 6.07) is 15.5. The van der Waals surface area contributed by atoms with E-state index in [0.717, 1.165) is 36.5 Å². The van der Waals surface area contributed by atoms with Crippen LogP contribution in [0.2, 0.25) is 0 Å². The molecule has 2 aromatic rings. The first-order valence-corrected chi connectivity index (χ1v) is 8.19. The van der Waals surface area contributed by atoms with Crippen LogP contribution < -0.4 is 20.7 Å². The van der Waals surface area contributed by atoms with Gasteiger partial charge in [0.2, 0.25) is 0 Å². The lowest BCUT2D eigenvalue weighted by Crippen LogP contribution is -2.37. The number of hydrogen-bond acceptors (Lipinski definition) is 4. The molecule has 1 heterocycles. The van der Waals surface area contributed by atoms with Gasteiger partial charge in [0.25, 0.3) is 5.91 Å². The van der Waals surface area contributed by atoms with Crippen LogP contribution in [0.15, 0.2) is 48.5 Å². The van der Waals surface area contributed by atoms with Gasteiger partial charge >= 0.3 is 0 Å². The Kier molecular flexibility index (Phi) is 5.01. The van der Waals surface area contributed by atoms with Crippen molar-refractivity contribution >= 4 is 11.6 Å². The Morgan fingerprint density at radius 2 is 2.00 bits per heavy atom. The molecule has 0 aliphatic carbocycles. The first-order chi connectivity index (χ1) is 11.7. The van der Waals surface area contributed by atoms with Gasteiger partial charge in [-0.15, -0.1) is 0 Å². The number of nitrogens with zero attached hydrogens (tertiary/aromatic N) is 1. The Balaban J connectivity index is 1.62. The second-order valence-electron chi connectivity index (χ2n) is 5.98. The highest BCUT2D eigenvalue weighted by Gasteiger charge is 2.26. The van der Waals surface area contributed by atoms with Gasteiger partial charge in [0.1, 0.15) is 5.75 Å². The van der Waals surface area contributed by atoms with E-state index in [-0.39, 0.29) is 11.9 Å². The van der Waals surface area contributed by atoms with E-state index in [2.05, 4.69) is 16.3 Å². The number of nitrogens with two attached hydrogens (primary N) is 1. The molecule has 0 spiro atoms. The monoisotopic (exact) mass is 325 g/mol. The van der Waals surface area contributed by atoms with Crippen molar-refractivity contribution in [2.75, 3.05) is 25.1 Å². The molecule has 1 unspecified atom stereocenters. The molecule has 3 N–H and O–H groups in total. The average Bonchev–Trinajstić information content (AvgIpc) is 3.10. The van der Waals surface area contributed by atoms with E-state index in [9.17, 15) is 4.79 Å². The number of carbonyl (C=O) groups is 1. The summed E-state index contributed by atoms with van der Waals surface area (Å²) in [5.74, 6) is 0.826. The molecule has 1 fully saturated rings. The summed E-state index contributed by atoms with van der Waals surface area (Å²) in [6.07, 6.45) is 0.921. The predicted molar refractivity (Wildman–Crippen MR) is 95.4 cm³/mol. The Morgan fingerprint density at radius 3 is 2.71 bits per heavy atom. The van der Waals surface area contributed by atoms with Crippen LogP contribution in [-0.2, 0) is 6.54 Å². The molecule has 5 heteroatoms. The molecule has 24 heavy (non-hydrogen) atoms. The molecule has 126 valence electrons. The lowest BCUT2D eigenvalue weighted by atomic mass is 10.1. The number of hydrogen-bond donors (Lipinski definition) is 2. The fourth-order valence-electron chi connectivity index (χ4n) is 3.05. The number of nitrogens with one attached hydrogen (secondary N) is 1. The standard InChI is InChI=1S/C19H23N3O2/c1-24-18-5-3-2-4-17(18)22-11-10-16(13-22)21-19(23)15-8-6-14(12-20)7-9-15/h2-9,16H,10-13,20H2,1H3,(H,21,23). The summed E-state index contributed by atoms with van der Waals surface area (Å²) in [5.41, 5.74) is 8.35. The first kappa shape index (κ1) is 16.3. The van der Waals surface area contributed by atoms with Crippen molar-refractivity contribution in [3.8, 4) is 5.75 Å². The van der Waals surface area contributed by atoms with E-state index in [4.69, 9.17) is 10.5 Å². The number of rotatable bonds is 5. The smallest absolute Gasteiger partial charge is 0.251 e. The van der Waals surface area contributed by atoms with Gasteiger partial charge in [0, 0.05) is 31.2 Å². The zero-order chi connectivity index (χ0) is 16.9. The van der Waals surface area contributed by atoms with E-state index >= 15 is 0 Å². The van der Waals surface area contributed by atoms with Crippen LogP contribution in [0, 0.1) is 0 Å². The van der Waals surface area contributed by atoms with Crippen LogP contribution in [0.25, 0.3) is 0 Å². The lowest BCUT2D eigenvalue weighted by molar-refractivity contribution is 0.0940. The van der Waals surface area contributed by atoms with Crippen molar-refractivity contribution in [1.29, 1.82) is 0 Å². The maximum absolute atomic E-state index is 12.4. The molecule has 5 nitrogen and oxygen atoms in total. The Labute approximate surface area is 142 Å². The lowest BCUT2D eigenvalue weighted by Gasteiger charge is -2.21. The highest BCUT2D eigenvalue weighted by Crippen LogP contribution is 2.30. The number of para-hydroxylation sites is 2. The molecular weight excluding hydrogens is 302 g/mol. The SMILES string of the molecule is COc1ccccc1N1CCC(NC(=O)c2ccc(CN)cc2)C1. The van der Waals surface area contributed by atoms with Crippen LogP contribution in [-0.4, -0.2) is 32.1 Å². The Hall–Kier alpha value is -2.53. The molecule has 3 rings (SSSR count). The van der Waals surface area contributed by atoms with Gasteiger partial charge in [-0.25, -0.2) is 0 Å². The molecule has 1 aliphatic rings. The number of methoxy groups -OCH3 is 1. The van der Waals surface area contributed by atoms with Gasteiger partial charge in [-0.3, -0.25) is 4.79 Å². The number of carbonyl (C=O) groups excluding carboxylic acids is 1. The average molecular weight is 325 g/mol. The number of anilines is 1. The normalized spacial score (nSPS) is 16.9. The zero-order valence-corrected chi connectivity index (χ0v) is 13.9. The molecule has 0 saturated carbocycles. The molecule has 0 aromatic heterocycles. The molecule has 1 aliphatic heterocycles. The van der Waals surface area contributed by atoms with Crippen LogP contribution in [0.4, 0.5) is 5.69 Å². The van der Waals surface area contributed by atoms with Crippen molar-refractivity contribution in [1.82, 2.24) is 5.32 Å². The Bertz CT molecular complexity index is 700. The third-order valence-corrected chi connectivity index (χ3v) is 4.40. The first-order valence-electron chi connectivity index (χ1n) is 8.19. The van der Waals surface area contributed by atoms with Crippen LogP contribution in [0.1, 0.15) is 22.3 Å². The van der Waals surface area contributed by atoms with Crippen molar-refractivity contribution in [2.45, 2.75) is 19.0 Å². The highest BCUT2D eigenvalue weighted by atomic mass is 16.5. The van der Waals surface area contributed by atoms with Gasteiger partial charge in [-0.1, -0.05) is 24.3 Å². The van der Waals surface area contributed by atoms with Gasteiger partial charge < -0.3 is 20.7 Å². The maximum atomic E-state index is 12.4. The van der Waals surface area contributed by atoms with Crippen LogP contribution >= 0.6 is 0 Å². The third-order valence-electron chi connectivity index (χ3n) is 4.40. The Morgan fingerprint density at radius 1 is 1.25 bits per heavy atom. The second-order valence-corrected chi connectivity index (χ2v) is 5.98. The summed E-state index contributed by atoms with van der Waals surface area (Å²) < 4.78 is 5.43. The largest absolute Gasteiger partial charge is 0.495 e. The van der Waals surface area contributed by atoms with Gasteiger partial charge in [0.15, 0.2) is 0 Å². The number of amides is 1. The van der Waals surface area contributed by atoms with Crippen molar-refractivity contribution in [3.63, 3.8) is 0 Å². The molecular formula is C19H23N3O2.